The lowest BCUT2D eigenvalue weighted by Gasteiger charge is -2.26. The minimum absolute atomic E-state index is 0.0332. The first-order chi connectivity index (χ1) is 12.9. The summed E-state index contributed by atoms with van der Waals surface area (Å²) >= 11 is 1.58. The first-order valence-corrected chi connectivity index (χ1v) is 10.9. The van der Waals surface area contributed by atoms with Gasteiger partial charge in [0.25, 0.3) is 0 Å². The van der Waals surface area contributed by atoms with E-state index in [1.54, 1.807) is 11.8 Å². The number of benzene rings is 1. The van der Waals surface area contributed by atoms with E-state index in [1.165, 1.54) is 37.8 Å². The van der Waals surface area contributed by atoms with Crippen LogP contribution in [0.5, 0.6) is 0 Å². The van der Waals surface area contributed by atoms with E-state index in [0.29, 0.717) is 6.04 Å². The normalized spacial score (nSPS) is 16.3. The Kier molecular flexibility index (Phi) is 6.30. The number of anilines is 1. The zero-order valence-electron chi connectivity index (χ0n) is 17.1. The molecule has 1 N–H and O–H groups in total. The first-order valence-electron chi connectivity index (χ1n) is 9.97. The lowest BCUT2D eigenvalue weighted by Crippen LogP contribution is -2.24. The van der Waals surface area contributed by atoms with Gasteiger partial charge in [0.15, 0.2) is 5.16 Å². The summed E-state index contributed by atoms with van der Waals surface area (Å²) < 4.78 is 2.39. The summed E-state index contributed by atoms with van der Waals surface area (Å²) in [6.45, 7) is 10.3. The summed E-state index contributed by atoms with van der Waals surface area (Å²) in [5, 5.41) is 3.91. The second-order valence-corrected chi connectivity index (χ2v) is 9.05. The molecule has 27 heavy (non-hydrogen) atoms. The number of rotatable bonds is 5. The number of carbonyl (C=O) groups excluding carboxylic acids is 1. The van der Waals surface area contributed by atoms with Crippen molar-refractivity contribution in [3.8, 4) is 0 Å². The van der Waals surface area contributed by atoms with E-state index in [4.69, 9.17) is 4.98 Å². The number of amides is 1. The number of hydrogen-bond acceptors (Lipinski definition) is 3. The summed E-state index contributed by atoms with van der Waals surface area (Å²) in [5.74, 6) is 0.0332. The molecular weight excluding hydrogens is 354 g/mol. The van der Waals surface area contributed by atoms with Gasteiger partial charge in [-0.3, -0.25) is 4.79 Å². The molecule has 1 heterocycles. The molecule has 1 unspecified atom stereocenters. The molecule has 1 aromatic carbocycles. The van der Waals surface area contributed by atoms with Crippen LogP contribution in [-0.2, 0) is 4.79 Å². The third-order valence-electron chi connectivity index (χ3n) is 5.67. The molecule has 5 heteroatoms. The van der Waals surface area contributed by atoms with Gasteiger partial charge >= 0.3 is 0 Å². The number of para-hydroxylation sites is 1. The van der Waals surface area contributed by atoms with Crippen molar-refractivity contribution in [3.05, 3.63) is 40.7 Å². The third kappa shape index (κ3) is 4.40. The molecule has 0 radical (unpaired) electrons. The highest BCUT2D eigenvalue weighted by molar-refractivity contribution is 8.00. The fraction of sp³-hybridized carbons (Fsp3) is 0.545. The van der Waals surface area contributed by atoms with Crippen molar-refractivity contribution in [1.29, 1.82) is 0 Å². The van der Waals surface area contributed by atoms with Gasteiger partial charge in [-0.15, -0.1) is 0 Å². The Morgan fingerprint density at radius 2 is 1.78 bits per heavy atom. The molecule has 1 aromatic heterocycles. The van der Waals surface area contributed by atoms with Crippen LogP contribution < -0.4 is 5.32 Å². The number of aryl methyl sites for hydroxylation is 3. The van der Waals surface area contributed by atoms with Crippen molar-refractivity contribution in [2.45, 2.75) is 83.2 Å². The molecule has 0 aliphatic heterocycles. The predicted molar refractivity (Wildman–Crippen MR) is 114 cm³/mol. The molecule has 0 spiro atoms. The maximum atomic E-state index is 12.8. The van der Waals surface area contributed by atoms with Crippen molar-refractivity contribution < 1.29 is 4.79 Å². The van der Waals surface area contributed by atoms with Crippen molar-refractivity contribution in [2.24, 2.45) is 0 Å². The fourth-order valence-corrected chi connectivity index (χ4v) is 4.97. The van der Waals surface area contributed by atoms with Crippen LogP contribution >= 0.6 is 11.8 Å². The molecule has 0 saturated heterocycles. The smallest absolute Gasteiger partial charge is 0.237 e. The average Bonchev–Trinajstić information content (AvgIpc) is 2.92. The zero-order chi connectivity index (χ0) is 19.6. The summed E-state index contributed by atoms with van der Waals surface area (Å²) in [5.41, 5.74) is 5.43. The minimum atomic E-state index is -0.201. The number of hydrogen-bond donors (Lipinski definition) is 1. The minimum Gasteiger partial charge on any atom is -0.325 e. The Morgan fingerprint density at radius 1 is 1.15 bits per heavy atom. The van der Waals surface area contributed by atoms with Gasteiger partial charge in [-0.2, -0.15) is 0 Å². The standard InChI is InChI=1S/C22H31N3OS/c1-14-10-9-11-15(2)20(14)24-21(26)18(5)27-22-23-16(3)17(4)25(22)19-12-7-6-8-13-19/h9-11,18-19H,6-8,12-13H2,1-5H3,(H,24,26). The maximum Gasteiger partial charge on any atom is 0.237 e. The molecule has 146 valence electrons. The van der Waals surface area contributed by atoms with E-state index in [1.807, 2.05) is 39.0 Å². The van der Waals surface area contributed by atoms with E-state index >= 15 is 0 Å². The molecular formula is C22H31N3OS. The Balaban J connectivity index is 1.76. The van der Waals surface area contributed by atoms with Gasteiger partial charge in [0.1, 0.15) is 0 Å². The van der Waals surface area contributed by atoms with Gasteiger partial charge in [0.05, 0.1) is 10.9 Å². The SMILES string of the molecule is Cc1cccc(C)c1NC(=O)C(C)Sc1nc(C)c(C)n1C1CCCCC1. The highest BCUT2D eigenvalue weighted by Gasteiger charge is 2.25. The highest BCUT2D eigenvalue weighted by atomic mass is 32.2. The highest BCUT2D eigenvalue weighted by Crippen LogP contribution is 2.35. The number of thioether (sulfide) groups is 1. The number of imidazole rings is 1. The molecule has 3 rings (SSSR count). The zero-order valence-corrected chi connectivity index (χ0v) is 17.9. The summed E-state index contributed by atoms with van der Waals surface area (Å²) in [6, 6.07) is 6.60. The topological polar surface area (TPSA) is 46.9 Å². The largest absolute Gasteiger partial charge is 0.325 e. The first kappa shape index (κ1) is 20.0. The molecule has 1 atom stereocenters. The molecule has 1 saturated carbocycles. The Morgan fingerprint density at radius 3 is 2.41 bits per heavy atom. The van der Waals surface area contributed by atoms with Crippen molar-refractivity contribution in [3.63, 3.8) is 0 Å². The van der Waals surface area contributed by atoms with Crippen LogP contribution in [0, 0.1) is 27.7 Å². The number of nitrogens with zero attached hydrogens (tertiary/aromatic N) is 2. The van der Waals surface area contributed by atoms with E-state index in [0.717, 1.165) is 27.7 Å². The van der Waals surface area contributed by atoms with Gasteiger partial charge in [-0.1, -0.05) is 49.2 Å². The van der Waals surface area contributed by atoms with Crippen LogP contribution in [0.15, 0.2) is 23.4 Å². The summed E-state index contributed by atoms with van der Waals surface area (Å²) in [6.07, 6.45) is 6.34. The van der Waals surface area contributed by atoms with Gasteiger partial charge in [0.2, 0.25) is 5.91 Å². The molecule has 1 aliphatic rings. The molecule has 4 nitrogen and oxygen atoms in total. The Bertz CT molecular complexity index is 801. The van der Waals surface area contributed by atoms with Crippen molar-refractivity contribution in [2.75, 3.05) is 5.32 Å². The van der Waals surface area contributed by atoms with Gasteiger partial charge in [-0.05, 0) is 58.6 Å². The maximum absolute atomic E-state index is 12.8. The van der Waals surface area contributed by atoms with E-state index in [9.17, 15) is 4.79 Å². The monoisotopic (exact) mass is 385 g/mol. The predicted octanol–water partition coefficient (Wildman–Crippen LogP) is 5.74. The van der Waals surface area contributed by atoms with E-state index in [-0.39, 0.29) is 11.2 Å². The lowest BCUT2D eigenvalue weighted by atomic mass is 9.95. The van der Waals surface area contributed by atoms with Crippen molar-refractivity contribution >= 4 is 23.4 Å². The van der Waals surface area contributed by atoms with E-state index in [2.05, 4.69) is 23.7 Å². The number of nitrogens with one attached hydrogen (secondary N) is 1. The van der Waals surface area contributed by atoms with Crippen LogP contribution in [0.1, 0.15) is 67.6 Å². The number of aromatic nitrogens is 2. The molecule has 2 aromatic rings. The van der Waals surface area contributed by atoms with Gasteiger partial charge in [-0.25, -0.2) is 4.98 Å². The Labute approximate surface area is 167 Å². The van der Waals surface area contributed by atoms with Crippen LogP contribution in [0.2, 0.25) is 0 Å². The molecule has 1 amide bonds. The van der Waals surface area contributed by atoms with Crippen LogP contribution in [0.25, 0.3) is 0 Å². The fourth-order valence-electron chi connectivity index (χ4n) is 3.90. The van der Waals surface area contributed by atoms with Crippen LogP contribution in [0.4, 0.5) is 5.69 Å². The summed E-state index contributed by atoms with van der Waals surface area (Å²) in [7, 11) is 0. The average molecular weight is 386 g/mol. The second kappa shape index (κ2) is 8.51. The summed E-state index contributed by atoms with van der Waals surface area (Å²) in [4.78, 5) is 17.6. The molecule has 0 bridgehead atoms. The molecule has 1 fully saturated rings. The van der Waals surface area contributed by atoms with E-state index < -0.39 is 0 Å². The Hall–Kier alpha value is -1.75. The third-order valence-corrected chi connectivity index (χ3v) is 6.74. The molecule has 1 aliphatic carbocycles. The number of carbonyl (C=O) groups is 1. The quantitative estimate of drug-likeness (QED) is 0.668. The lowest BCUT2D eigenvalue weighted by molar-refractivity contribution is -0.115. The van der Waals surface area contributed by atoms with Crippen LogP contribution in [0.3, 0.4) is 0 Å². The van der Waals surface area contributed by atoms with Gasteiger partial charge in [0, 0.05) is 17.4 Å². The van der Waals surface area contributed by atoms with Gasteiger partial charge < -0.3 is 9.88 Å². The van der Waals surface area contributed by atoms with Crippen LogP contribution in [-0.4, -0.2) is 20.7 Å². The second-order valence-electron chi connectivity index (χ2n) is 7.74. The van der Waals surface area contributed by atoms with Crippen molar-refractivity contribution in [1.82, 2.24) is 9.55 Å².